The highest BCUT2D eigenvalue weighted by molar-refractivity contribution is 6.46. The molecule has 2 amide bonds. The maximum absolute atomic E-state index is 13.6. The third kappa shape index (κ3) is 3.83. The fraction of sp³-hybridized carbons (Fsp3) is 0.154. The molecule has 3 aromatic carbocycles. The number of hydrogen-bond donors (Lipinski definition) is 1. The quantitative estimate of drug-likeness (QED) is 0.576. The fourth-order valence-electron chi connectivity index (χ4n) is 3.70. The molecule has 0 radical (unpaired) electrons. The predicted octanol–water partition coefficient (Wildman–Crippen LogP) is 4.72. The molecule has 4 rings (SSSR count). The molecule has 162 valence electrons. The highest BCUT2D eigenvalue weighted by atomic mass is 16.5. The number of amides is 2. The molecule has 0 unspecified atom stereocenters. The van der Waals surface area contributed by atoms with Gasteiger partial charge < -0.3 is 14.8 Å². The Bertz CT molecular complexity index is 1230. The van der Waals surface area contributed by atoms with Crippen molar-refractivity contribution in [3.63, 3.8) is 0 Å². The molecule has 32 heavy (non-hydrogen) atoms. The third-order valence-corrected chi connectivity index (χ3v) is 5.34. The second-order valence-electron chi connectivity index (χ2n) is 7.60. The second kappa shape index (κ2) is 8.59. The normalized spacial score (nSPS) is 13.6. The van der Waals surface area contributed by atoms with Gasteiger partial charge in [-0.3, -0.25) is 9.59 Å². The summed E-state index contributed by atoms with van der Waals surface area (Å²) < 4.78 is 10.7. The summed E-state index contributed by atoms with van der Waals surface area (Å²) >= 11 is 0. The number of nitrogens with one attached hydrogen (secondary N) is 1. The number of imide groups is 1. The van der Waals surface area contributed by atoms with Gasteiger partial charge in [-0.05, 0) is 61.4 Å². The number of carbonyl (C=O) groups excluding carboxylic acids is 2. The van der Waals surface area contributed by atoms with Crippen LogP contribution in [-0.2, 0) is 9.59 Å². The molecule has 6 nitrogen and oxygen atoms in total. The van der Waals surface area contributed by atoms with E-state index in [1.807, 2.05) is 50.2 Å². The average molecular weight is 428 g/mol. The molecular formula is C26H24N2O4. The molecule has 0 atom stereocenters. The minimum Gasteiger partial charge on any atom is -0.493 e. The lowest BCUT2D eigenvalue weighted by Gasteiger charge is -2.16. The maximum atomic E-state index is 13.6. The highest BCUT2D eigenvalue weighted by Gasteiger charge is 2.40. The van der Waals surface area contributed by atoms with Gasteiger partial charge in [-0.1, -0.05) is 35.9 Å². The summed E-state index contributed by atoms with van der Waals surface area (Å²) in [5, 5.41) is 3.18. The Morgan fingerprint density at radius 2 is 1.47 bits per heavy atom. The number of anilines is 2. The minimum atomic E-state index is -0.412. The zero-order valence-electron chi connectivity index (χ0n) is 18.4. The molecule has 0 saturated carbocycles. The Morgan fingerprint density at radius 3 is 2.12 bits per heavy atom. The van der Waals surface area contributed by atoms with Gasteiger partial charge in [0, 0.05) is 5.69 Å². The van der Waals surface area contributed by atoms with Crippen LogP contribution in [0.2, 0.25) is 0 Å². The molecule has 0 aliphatic carbocycles. The number of rotatable bonds is 6. The van der Waals surface area contributed by atoms with Crippen molar-refractivity contribution in [2.24, 2.45) is 0 Å². The van der Waals surface area contributed by atoms with Crippen LogP contribution in [0, 0.1) is 13.8 Å². The first-order valence-electron chi connectivity index (χ1n) is 10.2. The molecule has 1 heterocycles. The Labute approximate surface area is 187 Å². The molecular weight excluding hydrogens is 404 g/mol. The van der Waals surface area contributed by atoms with Crippen molar-refractivity contribution in [3.05, 3.63) is 89.1 Å². The first-order valence-corrected chi connectivity index (χ1v) is 10.2. The molecule has 1 aliphatic rings. The van der Waals surface area contributed by atoms with Crippen molar-refractivity contribution in [1.82, 2.24) is 0 Å². The van der Waals surface area contributed by atoms with Gasteiger partial charge in [-0.2, -0.15) is 0 Å². The molecule has 0 bridgehead atoms. The summed E-state index contributed by atoms with van der Waals surface area (Å²) in [6.07, 6.45) is 0. The molecule has 1 aliphatic heterocycles. The van der Waals surface area contributed by atoms with E-state index in [1.165, 1.54) is 12.0 Å². The third-order valence-electron chi connectivity index (χ3n) is 5.34. The first kappa shape index (κ1) is 21.2. The topological polar surface area (TPSA) is 67.9 Å². The lowest BCUT2D eigenvalue weighted by molar-refractivity contribution is -0.120. The van der Waals surface area contributed by atoms with Crippen LogP contribution in [0.25, 0.3) is 5.57 Å². The predicted molar refractivity (Wildman–Crippen MR) is 125 cm³/mol. The summed E-state index contributed by atoms with van der Waals surface area (Å²) in [5.41, 5.74) is 4.38. The van der Waals surface area contributed by atoms with Gasteiger partial charge in [0.05, 0.1) is 25.5 Å². The van der Waals surface area contributed by atoms with E-state index in [2.05, 4.69) is 5.32 Å². The molecule has 6 heteroatoms. The van der Waals surface area contributed by atoms with E-state index in [1.54, 1.807) is 37.4 Å². The van der Waals surface area contributed by atoms with Gasteiger partial charge in [0.15, 0.2) is 11.5 Å². The minimum absolute atomic E-state index is 0.216. The van der Waals surface area contributed by atoms with E-state index in [0.29, 0.717) is 22.7 Å². The molecule has 0 spiro atoms. The smallest absolute Gasteiger partial charge is 0.282 e. The lowest BCUT2D eigenvalue weighted by Crippen LogP contribution is -2.32. The Kier molecular flexibility index (Phi) is 5.69. The van der Waals surface area contributed by atoms with Crippen molar-refractivity contribution < 1.29 is 19.1 Å². The number of nitrogens with zero attached hydrogens (tertiary/aromatic N) is 1. The number of hydrogen-bond acceptors (Lipinski definition) is 5. The van der Waals surface area contributed by atoms with Gasteiger partial charge in [-0.15, -0.1) is 0 Å². The fourth-order valence-corrected chi connectivity index (χ4v) is 3.70. The standard InChI is InChI=1S/C26H24N2O4/c1-16-8-11-20(12-9-16)28-25(29)23(18-10-13-21(31-3)22(15-18)32-4)24(26(28)30)27-19-7-5-6-17(2)14-19/h5-15,27H,1-4H3. The summed E-state index contributed by atoms with van der Waals surface area (Å²) in [6.45, 7) is 3.92. The van der Waals surface area contributed by atoms with Crippen LogP contribution in [0.5, 0.6) is 11.5 Å². The number of ether oxygens (including phenoxy) is 2. The van der Waals surface area contributed by atoms with Gasteiger partial charge in [0.1, 0.15) is 5.70 Å². The van der Waals surface area contributed by atoms with Crippen LogP contribution in [0.15, 0.2) is 72.4 Å². The number of methoxy groups -OCH3 is 2. The van der Waals surface area contributed by atoms with E-state index in [9.17, 15) is 9.59 Å². The summed E-state index contributed by atoms with van der Waals surface area (Å²) in [4.78, 5) is 28.2. The second-order valence-corrected chi connectivity index (χ2v) is 7.60. The van der Waals surface area contributed by atoms with Gasteiger partial charge in [0.2, 0.25) is 0 Å². The maximum Gasteiger partial charge on any atom is 0.282 e. The Balaban J connectivity index is 1.85. The van der Waals surface area contributed by atoms with Crippen molar-refractivity contribution >= 4 is 28.8 Å². The number of aryl methyl sites for hydroxylation is 2. The van der Waals surface area contributed by atoms with Crippen LogP contribution >= 0.6 is 0 Å². The Hall–Kier alpha value is -4.06. The van der Waals surface area contributed by atoms with E-state index < -0.39 is 11.8 Å². The number of carbonyl (C=O) groups is 2. The van der Waals surface area contributed by atoms with E-state index in [-0.39, 0.29) is 11.3 Å². The lowest BCUT2D eigenvalue weighted by atomic mass is 10.0. The summed E-state index contributed by atoms with van der Waals surface area (Å²) in [7, 11) is 3.08. The first-order chi connectivity index (χ1) is 15.4. The molecule has 1 N–H and O–H groups in total. The van der Waals surface area contributed by atoms with Gasteiger partial charge >= 0.3 is 0 Å². The van der Waals surface area contributed by atoms with Crippen molar-refractivity contribution in [3.8, 4) is 11.5 Å². The van der Waals surface area contributed by atoms with Crippen LogP contribution in [0.3, 0.4) is 0 Å². The Morgan fingerprint density at radius 1 is 0.750 bits per heavy atom. The number of benzene rings is 3. The van der Waals surface area contributed by atoms with E-state index in [0.717, 1.165) is 16.8 Å². The van der Waals surface area contributed by atoms with Crippen LogP contribution < -0.4 is 19.7 Å². The van der Waals surface area contributed by atoms with E-state index in [4.69, 9.17) is 9.47 Å². The van der Waals surface area contributed by atoms with Crippen molar-refractivity contribution in [2.45, 2.75) is 13.8 Å². The SMILES string of the molecule is COc1ccc(C2=C(Nc3cccc(C)c3)C(=O)N(c3ccc(C)cc3)C2=O)cc1OC. The van der Waals surface area contributed by atoms with Crippen LogP contribution in [-0.4, -0.2) is 26.0 Å². The highest BCUT2D eigenvalue weighted by Crippen LogP contribution is 2.37. The average Bonchev–Trinajstić information content (AvgIpc) is 3.03. The molecule has 3 aromatic rings. The van der Waals surface area contributed by atoms with Gasteiger partial charge in [0.25, 0.3) is 11.8 Å². The van der Waals surface area contributed by atoms with Crippen molar-refractivity contribution in [1.29, 1.82) is 0 Å². The van der Waals surface area contributed by atoms with Crippen LogP contribution in [0.1, 0.15) is 16.7 Å². The van der Waals surface area contributed by atoms with E-state index >= 15 is 0 Å². The molecule has 0 fully saturated rings. The van der Waals surface area contributed by atoms with Crippen molar-refractivity contribution in [2.75, 3.05) is 24.4 Å². The molecule has 0 saturated heterocycles. The largest absolute Gasteiger partial charge is 0.493 e. The van der Waals surface area contributed by atoms with Gasteiger partial charge in [-0.25, -0.2) is 4.90 Å². The monoisotopic (exact) mass is 428 g/mol. The molecule has 0 aromatic heterocycles. The van der Waals surface area contributed by atoms with Crippen LogP contribution in [0.4, 0.5) is 11.4 Å². The zero-order valence-corrected chi connectivity index (χ0v) is 18.4. The zero-order chi connectivity index (χ0) is 22.8. The summed E-state index contributed by atoms with van der Waals surface area (Å²) in [6, 6.07) is 20.1. The summed E-state index contributed by atoms with van der Waals surface area (Å²) in [5.74, 6) is 0.199.